The zero-order valence-electron chi connectivity index (χ0n) is 8.70. The average molecular weight is 218 g/mol. The number of Topliss-reactive ketones (excluding diaryl/α,β-unsaturated/α-hetero) is 2. The number of ketones is 2. The van der Waals surface area contributed by atoms with Crippen molar-refractivity contribution in [3.63, 3.8) is 0 Å². The molecule has 0 spiro atoms. The fourth-order valence-electron chi connectivity index (χ4n) is 1.72. The van der Waals surface area contributed by atoms with Gasteiger partial charge in [0.25, 0.3) is 0 Å². The highest BCUT2D eigenvalue weighted by Gasteiger charge is 2.22. The lowest BCUT2D eigenvalue weighted by Crippen LogP contribution is -2.18. The van der Waals surface area contributed by atoms with Crippen LogP contribution in [0.1, 0.15) is 24.8 Å². The van der Waals surface area contributed by atoms with Gasteiger partial charge in [-0.3, -0.25) is 9.59 Å². The summed E-state index contributed by atoms with van der Waals surface area (Å²) in [6, 6.07) is 5.73. The molecule has 1 saturated carbocycles. The maximum atomic E-state index is 12.7. The van der Waals surface area contributed by atoms with Gasteiger partial charge >= 0.3 is 0 Å². The molecule has 1 aromatic rings. The van der Waals surface area contributed by atoms with Gasteiger partial charge in [-0.2, -0.15) is 0 Å². The van der Waals surface area contributed by atoms with Crippen molar-refractivity contribution in [3.8, 4) is 0 Å². The van der Waals surface area contributed by atoms with Gasteiger partial charge in [-0.05, 0) is 30.2 Å². The van der Waals surface area contributed by atoms with Crippen molar-refractivity contribution in [3.05, 3.63) is 41.2 Å². The molecule has 0 atom stereocenters. The van der Waals surface area contributed by atoms with Crippen LogP contribution in [0.5, 0.6) is 0 Å². The van der Waals surface area contributed by atoms with Crippen LogP contribution < -0.4 is 0 Å². The molecule has 0 unspecified atom stereocenters. The molecule has 1 aliphatic carbocycles. The number of halogens is 1. The maximum Gasteiger partial charge on any atom is 0.166 e. The molecule has 0 amide bonds. The molecule has 1 aromatic carbocycles. The highest BCUT2D eigenvalue weighted by molar-refractivity contribution is 6.24. The number of hydrogen-bond acceptors (Lipinski definition) is 2. The lowest BCUT2D eigenvalue weighted by molar-refractivity contribution is -0.123. The Morgan fingerprint density at radius 2 is 1.56 bits per heavy atom. The number of allylic oxidation sites excluding steroid dienone is 1. The molecule has 0 N–H and O–H groups in total. The van der Waals surface area contributed by atoms with E-state index in [4.69, 9.17) is 0 Å². The number of rotatable bonds is 1. The van der Waals surface area contributed by atoms with E-state index in [9.17, 15) is 14.0 Å². The van der Waals surface area contributed by atoms with Crippen LogP contribution in [-0.2, 0) is 9.59 Å². The molecule has 82 valence electrons. The second-order valence-corrected chi connectivity index (χ2v) is 3.81. The highest BCUT2D eigenvalue weighted by Crippen LogP contribution is 2.19. The van der Waals surface area contributed by atoms with Gasteiger partial charge in [0.15, 0.2) is 11.6 Å². The van der Waals surface area contributed by atoms with Crippen molar-refractivity contribution in [1.82, 2.24) is 0 Å². The molecule has 1 fully saturated rings. The monoisotopic (exact) mass is 218 g/mol. The minimum absolute atomic E-state index is 0.111. The third kappa shape index (κ3) is 2.24. The molecule has 0 heterocycles. The molecular weight excluding hydrogens is 207 g/mol. The maximum absolute atomic E-state index is 12.7. The molecule has 0 aromatic heterocycles. The minimum atomic E-state index is -0.330. The van der Waals surface area contributed by atoms with Crippen LogP contribution in [0, 0.1) is 5.82 Å². The first-order valence-electron chi connectivity index (χ1n) is 5.20. The largest absolute Gasteiger partial charge is 0.294 e. The Balaban J connectivity index is 2.31. The van der Waals surface area contributed by atoms with Crippen molar-refractivity contribution in [1.29, 1.82) is 0 Å². The SMILES string of the molecule is O=C1CCCC(=O)C1=Cc1ccc(F)cc1. The summed E-state index contributed by atoms with van der Waals surface area (Å²) in [5.41, 5.74) is 0.929. The predicted molar refractivity (Wildman–Crippen MR) is 58.2 cm³/mol. The van der Waals surface area contributed by atoms with Crippen molar-refractivity contribution in [2.45, 2.75) is 19.3 Å². The van der Waals surface area contributed by atoms with E-state index >= 15 is 0 Å². The molecule has 0 aliphatic heterocycles. The van der Waals surface area contributed by atoms with Crippen LogP contribution in [-0.4, -0.2) is 11.6 Å². The Hall–Kier alpha value is -1.77. The van der Waals surface area contributed by atoms with Crippen LogP contribution in [0.2, 0.25) is 0 Å². The fourth-order valence-corrected chi connectivity index (χ4v) is 1.72. The highest BCUT2D eigenvalue weighted by atomic mass is 19.1. The van der Waals surface area contributed by atoms with Gasteiger partial charge in [-0.1, -0.05) is 12.1 Å². The van der Waals surface area contributed by atoms with E-state index in [1.54, 1.807) is 18.2 Å². The number of carbonyl (C=O) groups is 2. The molecule has 16 heavy (non-hydrogen) atoms. The normalized spacial score (nSPS) is 16.4. The molecule has 0 radical (unpaired) electrons. The first-order valence-corrected chi connectivity index (χ1v) is 5.20. The van der Waals surface area contributed by atoms with E-state index in [1.165, 1.54) is 12.1 Å². The Morgan fingerprint density at radius 1 is 1.00 bits per heavy atom. The zero-order valence-corrected chi connectivity index (χ0v) is 8.70. The summed E-state index contributed by atoms with van der Waals surface area (Å²) in [7, 11) is 0. The molecule has 0 bridgehead atoms. The third-order valence-electron chi connectivity index (χ3n) is 2.59. The Bertz CT molecular complexity index is 439. The Morgan fingerprint density at radius 3 is 2.12 bits per heavy atom. The first-order chi connectivity index (χ1) is 7.66. The average Bonchev–Trinajstić information content (AvgIpc) is 2.26. The summed E-state index contributed by atoms with van der Waals surface area (Å²) < 4.78 is 12.7. The van der Waals surface area contributed by atoms with Crippen LogP contribution in [0.15, 0.2) is 29.8 Å². The Kier molecular flexibility index (Phi) is 2.95. The van der Waals surface area contributed by atoms with Crippen molar-refractivity contribution >= 4 is 17.6 Å². The summed E-state index contributed by atoms with van der Waals surface area (Å²) in [4.78, 5) is 23.0. The second kappa shape index (κ2) is 4.39. The number of hydrogen-bond donors (Lipinski definition) is 0. The van der Waals surface area contributed by atoms with Crippen LogP contribution >= 0.6 is 0 Å². The summed E-state index contributed by atoms with van der Waals surface area (Å²) in [5, 5.41) is 0. The summed E-state index contributed by atoms with van der Waals surface area (Å²) >= 11 is 0. The summed E-state index contributed by atoms with van der Waals surface area (Å²) in [6.45, 7) is 0. The van der Waals surface area contributed by atoms with Crippen LogP contribution in [0.3, 0.4) is 0 Å². The van der Waals surface area contributed by atoms with Gasteiger partial charge in [-0.25, -0.2) is 4.39 Å². The molecule has 2 rings (SSSR count). The topological polar surface area (TPSA) is 34.1 Å². The zero-order chi connectivity index (χ0) is 11.5. The quantitative estimate of drug-likeness (QED) is 0.536. The van der Waals surface area contributed by atoms with E-state index in [2.05, 4.69) is 0 Å². The molecular formula is C13H11FO2. The van der Waals surface area contributed by atoms with Gasteiger partial charge in [0, 0.05) is 12.8 Å². The van der Waals surface area contributed by atoms with Gasteiger partial charge in [0.2, 0.25) is 0 Å². The van der Waals surface area contributed by atoms with Crippen molar-refractivity contribution in [2.24, 2.45) is 0 Å². The first kappa shape index (κ1) is 10.7. The lowest BCUT2D eigenvalue weighted by atomic mass is 9.91. The third-order valence-corrected chi connectivity index (χ3v) is 2.59. The van der Waals surface area contributed by atoms with Crippen molar-refractivity contribution in [2.75, 3.05) is 0 Å². The predicted octanol–water partition coefficient (Wildman–Crippen LogP) is 2.53. The van der Waals surface area contributed by atoms with Gasteiger partial charge in [0.1, 0.15) is 5.82 Å². The van der Waals surface area contributed by atoms with Gasteiger partial charge in [-0.15, -0.1) is 0 Å². The number of benzene rings is 1. The summed E-state index contributed by atoms with van der Waals surface area (Å²) in [6.07, 6.45) is 3.04. The standard InChI is InChI=1S/C13H11FO2/c14-10-6-4-9(5-7-10)8-11-12(15)2-1-3-13(11)16/h4-8H,1-3H2. The van der Waals surface area contributed by atoms with E-state index < -0.39 is 0 Å². The van der Waals surface area contributed by atoms with E-state index in [1.807, 2.05) is 0 Å². The van der Waals surface area contributed by atoms with Crippen LogP contribution in [0.4, 0.5) is 4.39 Å². The second-order valence-electron chi connectivity index (χ2n) is 3.81. The van der Waals surface area contributed by atoms with Gasteiger partial charge in [0.05, 0.1) is 5.57 Å². The molecule has 2 nitrogen and oxygen atoms in total. The smallest absolute Gasteiger partial charge is 0.166 e. The fraction of sp³-hybridized carbons (Fsp3) is 0.231. The minimum Gasteiger partial charge on any atom is -0.294 e. The van der Waals surface area contributed by atoms with E-state index in [0.717, 1.165) is 0 Å². The molecule has 1 aliphatic rings. The van der Waals surface area contributed by atoms with E-state index in [-0.39, 0.29) is 23.0 Å². The summed E-state index contributed by atoms with van der Waals surface area (Å²) in [5.74, 6) is -0.551. The molecule has 0 saturated heterocycles. The lowest BCUT2D eigenvalue weighted by Gasteiger charge is -2.11. The van der Waals surface area contributed by atoms with Crippen molar-refractivity contribution < 1.29 is 14.0 Å². The number of carbonyl (C=O) groups excluding carboxylic acids is 2. The van der Waals surface area contributed by atoms with Crippen LogP contribution in [0.25, 0.3) is 6.08 Å². The Labute approximate surface area is 92.8 Å². The van der Waals surface area contributed by atoms with E-state index in [0.29, 0.717) is 24.8 Å². The molecule has 3 heteroatoms. The van der Waals surface area contributed by atoms with Gasteiger partial charge < -0.3 is 0 Å².